The van der Waals surface area contributed by atoms with Crippen molar-refractivity contribution in [3.05, 3.63) is 29.8 Å². The van der Waals surface area contributed by atoms with Crippen molar-refractivity contribution in [2.45, 2.75) is 19.4 Å². The van der Waals surface area contributed by atoms with Gasteiger partial charge in [-0.2, -0.15) is 0 Å². The largest absolute Gasteiger partial charge is 0.496 e. The molecule has 0 fully saturated rings. The lowest BCUT2D eigenvalue weighted by Crippen LogP contribution is -2.39. The molecule has 0 aromatic heterocycles. The number of carbonyl (C=O) groups is 1. The molecule has 0 saturated carbocycles. The van der Waals surface area contributed by atoms with Crippen molar-refractivity contribution in [3.63, 3.8) is 0 Å². The van der Waals surface area contributed by atoms with Crippen LogP contribution in [0.15, 0.2) is 24.3 Å². The van der Waals surface area contributed by atoms with Crippen LogP contribution in [0, 0.1) is 0 Å². The van der Waals surface area contributed by atoms with Crippen LogP contribution >= 0.6 is 0 Å². The molecule has 1 unspecified atom stereocenters. The number of nitrogens with zero attached hydrogens (tertiary/aromatic N) is 1. The molecule has 0 radical (unpaired) electrons. The molecule has 5 heteroatoms. The van der Waals surface area contributed by atoms with Gasteiger partial charge in [0, 0.05) is 18.7 Å². The Morgan fingerprint density at radius 2 is 2.15 bits per heavy atom. The lowest BCUT2D eigenvalue weighted by molar-refractivity contribution is -0.122. The number of benzene rings is 1. The Morgan fingerprint density at radius 1 is 1.45 bits per heavy atom. The summed E-state index contributed by atoms with van der Waals surface area (Å²) in [5.74, 6) is 0.812. The molecular weight excluding hydrogens is 254 g/mol. The summed E-state index contributed by atoms with van der Waals surface area (Å²) in [5.41, 5.74) is 6.88. The summed E-state index contributed by atoms with van der Waals surface area (Å²) < 4.78 is 5.37. The van der Waals surface area contributed by atoms with E-state index in [9.17, 15) is 4.79 Å². The Balaban J connectivity index is 2.76. The van der Waals surface area contributed by atoms with Crippen LogP contribution in [0.4, 0.5) is 0 Å². The Morgan fingerprint density at radius 3 is 2.75 bits per heavy atom. The van der Waals surface area contributed by atoms with Gasteiger partial charge in [-0.1, -0.05) is 25.1 Å². The molecule has 0 bridgehead atoms. The molecule has 1 aromatic rings. The Bertz CT molecular complexity index is 423. The van der Waals surface area contributed by atoms with Crippen LogP contribution in [0.3, 0.4) is 0 Å². The molecule has 1 aromatic carbocycles. The minimum absolute atomic E-state index is 0.0164. The van der Waals surface area contributed by atoms with Gasteiger partial charge < -0.3 is 15.8 Å². The number of nitrogens with one attached hydrogen (secondary N) is 1. The molecule has 0 heterocycles. The summed E-state index contributed by atoms with van der Waals surface area (Å²) in [4.78, 5) is 13.7. The smallest absolute Gasteiger partial charge is 0.234 e. The second-order valence-electron chi connectivity index (χ2n) is 4.76. The number of para-hydroxylation sites is 1. The quantitative estimate of drug-likeness (QED) is 0.749. The average molecular weight is 279 g/mol. The number of ether oxygens (including phenoxy) is 1. The molecule has 1 amide bonds. The van der Waals surface area contributed by atoms with Gasteiger partial charge in [-0.05, 0) is 19.5 Å². The maximum Gasteiger partial charge on any atom is 0.234 e. The summed E-state index contributed by atoms with van der Waals surface area (Å²) in [7, 11) is 3.54. The topological polar surface area (TPSA) is 67.6 Å². The maximum atomic E-state index is 11.8. The van der Waals surface area contributed by atoms with Gasteiger partial charge >= 0.3 is 0 Å². The zero-order chi connectivity index (χ0) is 15.0. The van der Waals surface area contributed by atoms with Crippen LogP contribution in [0.1, 0.15) is 24.9 Å². The van der Waals surface area contributed by atoms with Gasteiger partial charge in [0.05, 0.1) is 19.7 Å². The highest BCUT2D eigenvalue weighted by atomic mass is 16.5. The minimum atomic E-state index is -0.0430. The van der Waals surface area contributed by atoms with Gasteiger partial charge in [0.1, 0.15) is 5.75 Å². The summed E-state index contributed by atoms with van der Waals surface area (Å²) in [6.45, 7) is 3.48. The number of methoxy groups -OCH3 is 1. The Labute approximate surface area is 121 Å². The predicted octanol–water partition coefficient (Wildman–Crippen LogP) is 1.15. The molecule has 3 N–H and O–H groups in total. The number of likely N-dealkylation sites (N-methyl/N-ethyl adjacent to an activating group) is 1. The summed E-state index contributed by atoms with van der Waals surface area (Å²) >= 11 is 0. The van der Waals surface area contributed by atoms with Crippen molar-refractivity contribution in [2.24, 2.45) is 5.73 Å². The number of carbonyl (C=O) groups excluding carboxylic acids is 1. The normalized spacial score (nSPS) is 12.2. The summed E-state index contributed by atoms with van der Waals surface area (Å²) in [6.07, 6.45) is 0.933. The zero-order valence-electron chi connectivity index (χ0n) is 12.6. The predicted molar refractivity (Wildman–Crippen MR) is 80.7 cm³/mol. The SMILES string of the molecule is CCCNC(=O)CN(C)C(CN)c1ccccc1OC. The van der Waals surface area contributed by atoms with Gasteiger partial charge in [0.2, 0.25) is 5.91 Å². The van der Waals surface area contributed by atoms with E-state index >= 15 is 0 Å². The van der Waals surface area contributed by atoms with Gasteiger partial charge in [0.25, 0.3) is 0 Å². The zero-order valence-corrected chi connectivity index (χ0v) is 12.6. The van der Waals surface area contributed by atoms with Crippen molar-refractivity contribution in [1.82, 2.24) is 10.2 Å². The number of hydrogen-bond acceptors (Lipinski definition) is 4. The average Bonchev–Trinajstić information content (AvgIpc) is 2.46. The lowest BCUT2D eigenvalue weighted by atomic mass is 10.0. The molecule has 20 heavy (non-hydrogen) atoms. The van der Waals surface area contributed by atoms with Crippen LogP contribution in [-0.4, -0.2) is 44.6 Å². The number of hydrogen-bond donors (Lipinski definition) is 2. The third kappa shape index (κ3) is 4.51. The molecule has 0 aliphatic heterocycles. The van der Waals surface area contributed by atoms with Crippen molar-refractivity contribution in [1.29, 1.82) is 0 Å². The summed E-state index contributed by atoms with van der Waals surface area (Å²) in [6, 6.07) is 7.72. The molecule has 1 atom stereocenters. The Hall–Kier alpha value is -1.59. The molecule has 0 aliphatic rings. The molecule has 0 spiro atoms. The number of amides is 1. The Kier molecular flexibility index (Phi) is 7.04. The molecule has 0 saturated heterocycles. The first-order chi connectivity index (χ1) is 9.63. The third-order valence-electron chi connectivity index (χ3n) is 3.22. The van der Waals surface area contributed by atoms with Crippen molar-refractivity contribution in [3.8, 4) is 5.75 Å². The van der Waals surface area contributed by atoms with E-state index in [-0.39, 0.29) is 11.9 Å². The first kappa shape index (κ1) is 16.5. The van der Waals surface area contributed by atoms with Crippen LogP contribution in [0.25, 0.3) is 0 Å². The highest BCUT2D eigenvalue weighted by Gasteiger charge is 2.20. The van der Waals surface area contributed by atoms with Crippen molar-refractivity contribution < 1.29 is 9.53 Å². The fourth-order valence-corrected chi connectivity index (χ4v) is 2.14. The van der Waals surface area contributed by atoms with Gasteiger partial charge in [-0.15, -0.1) is 0 Å². The second-order valence-corrected chi connectivity index (χ2v) is 4.76. The van der Waals surface area contributed by atoms with Crippen LogP contribution < -0.4 is 15.8 Å². The highest BCUT2D eigenvalue weighted by Crippen LogP contribution is 2.27. The molecular formula is C15H25N3O2. The molecule has 112 valence electrons. The first-order valence-electron chi connectivity index (χ1n) is 6.93. The van der Waals surface area contributed by atoms with Gasteiger partial charge in [0.15, 0.2) is 0 Å². The number of rotatable bonds is 8. The van der Waals surface area contributed by atoms with Crippen LogP contribution in [-0.2, 0) is 4.79 Å². The van der Waals surface area contributed by atoms with Gasteiger partial charge in [-0.25, -0.2) is 0 Å². The van der Waals surface area contributed by atoms with E-state index < -0.39 is 0 Å². The third-order valence-corrected chi connectivity index (χ3v) is 3.22. The van der Waals surface area contributed by atoms with E-state index in [1.165, 1.54) is 0 Å². The monoisotopic (exact) mass is 279 g/mol. The van der Waals surface area contributed by atoms with Gasteiger partial charge in [-0.3, -0.25) is 9.69 Å². The highest BCUT2D eigenvalue weighted by molar-refractivity contribution is 5.78. The van der Waals surface area contributed by atoms with Crippen LogP contribution in [0.2, 0.25) is 0 Å². The van der Waals surface area contributed by atoms with Crippen LogP contribution in [0.5, 0.6) is 5.75 Å². The minimum Gasteiger partial charge on any atom is -0.496 e. The molecule has 5 nitrogen and oxygen atoms in total. The molecule has 0 aliphatic carbocycles. The number of nitrogens with two attached hydrogens (primary N) is 1. The van der Waals surface area contributed by atoms with E-state index in [1.807, 2.05) is 43.1 Å². The van der Waals surface area contributed by atoms with Crippen molar-refractivity contribution in [2.75, 3.05) is 33.8 Å². The van der Waals surface area contributed by atoms with E-state index in [2.05, 4.69) is 5.32 Å². The molecule has 1 rings (SSSR count). The standard InChI is InChI=1S/C15H25N3O2/c1-4-9-17-15(19)11-18(2)13(10-16)12-7-5-6-8-14(12)20-3/h5-8,13H,4,9-11,16H2,1-3H3,(H,17,19). The lowest BCUT2D eigenvalue weighted by Gasteiger charge is -2.28. The first-order valence-corrected chi connectivity index (χ1v) is 6.93. The van der Waals surface area contributed by atoms with E-state index in [1.54, 1.807) is 7.11 Å². The van der Waals surface area contributed by atoms with E-state index in [4.69, 9.17) is 10.5 Å². The van der Waals surface area contributed by atoms with E-state index in [0.717, 1.165) is 17.7 Å². The fourth-order valence-electron chi connectivity index (χ4n) is 2.14. The van der Waals surface area contributed by atoms with E-state index in [0.29, 0.717) is 19.6 Å². The second kappa shape index (κ2) is 8.55. The summed E-state index contributed by atoms with van der Waals surface area (Å²) in [5, 5.41) is 2.87. The van der Waals surface area contributed by atoms with Crippen molar-refractivity contribution >= 4 is 5.91 Å². The fraction of sp³-hybridized carbons (Fsp3) is 0.533. The maximum absolute atomic E-state index is 11.8.